The van der Waals surface area contributed by atoms with Crippen LogP contribution in [0.15, 0.2) is 54.6 Å². The molecule has 0 heterocycles. The van der Waals surface area contributed by atoms with Crippen LogP contribution in [0.4, 0.5) is 13.2 Å². The summed E-state index contributed by atoms with van der Waals surface area (Å²) < 4.78 is 42.4. The quantitative estimate of drug-likeness (QED) is 0.593. The summed E-state index contributed by atoms with van der Waals surface area (Å²) in [6.07, 6.45) is -0.254. The van der Waals surface area contributed by atoms with Crippen molar-refractivity contribution < 1.29 is 22.7 Å². The summed E-state index contributed by atoms with van der Waals surface area (Å²) in [4.78, 5) is 12.0. The van der Waals surface area contributed by atoms with Crippen LogP contribution in [-0.2, 0) is 6.42 Å². The third-order valence-corrected chi connectivity index (χ3v) is 3.19. The van der Waals surface area contributed by atoms with E-state index in [-0.39, 0.29) is 23.3 Å². The number of carbonyl (C=O) groups is 1. The summed E-state index contributed by atoms with van der Waals surface area (Å²) in [6.45, 7) is 0. The molecule has 6 heteroatoms. The number of ether oxygens (including phenoxy) is 1. The fourth-order valence-corrected chi connectivity index (χ4v) is 1.97. The molecule has 0 unspecified atom stereocenters. The molecule has 122 valence electrons. The molecule has 3 nitrogen and oxygen atoms in total. The van der Waals surface area contributed by atoms with Crippen molar-refractivity contribution in [1.82, 2.24) is 0 Å². The summed E-state index contributed by atoms with van der Waals surface area (Å²) in [6, 6.07) is 11.5. The number of hydrogen-bond acceptors (Lipinski definition) is 3. The molecule has 0 aliphatic rings. The van der Waals surface area contributed by atoms with Gasteiger partial charge < -0.3 is 4.74 Å². The zero-order valence-electron chi connectivity index (χ0n) is 12.4. The number of halogens is 3. The normalized spacial score (nSPS) is 9.92. The van der Waals surface area contributed by atoms with Crippen LogP contribution in [0.1, 0.15) is 27.9 Å². The van der Waals surface area contributed by atoms with Crippen molar-refractivity contribution in [3.63, 3.8) is 0 Å². The van der Waals surface area contributed by atoms with Crippen molar-refractivity contribution >= 4 is 5.97 Å². The van der Waals surface area contributed by atoms with Crippen molar-refractivity contribution in [2.75, 3.05) is 0 Å². The lowest BCUT2D eigenvalue weighted by Gasteiger charge is -2.06. The van der Waals surface area contributed by atoms with Gasteiger partial charge in [-0.05, 0) is 48.7 Å². The molecule has 0 saturated heterocycles. The fraction of sp³-hybridized carbons (Fsp3) is 0.111. The van der Waals surface area contributed by atoms with E-state index < -0.39 is 17.9 Å². The largest absolute Gasteiger partial charge is 0.423 e. The van der Waals surface area contributed by atoms with E-state index >= 15 is 0 Å². The Morgan fingerprint density at radius 2 is 1.88 bits per heavy atom. The number of benzene rings is 2. The second-order valence-corrected chi connectivity index (χ2v) is 4.87. The van der Waals surface area contributed by atoms with Crippen LogP contribution in [0.5, 0.6) is 5.75 Å². The Labute approximate surface area is 136 Å². The maximum absolute atomic E-state index is 13.5. The van der Waals surface area contributed by atoms with E-state index in [1.54, 1.807) is 18.2 Å². The van der Waals surface area contributed by atoms with E-state index in [0.717, 1.165) is 17.7 Å². The van der Waals surface area contributed by atoms with Crippen molar-refractivity contribution in [2.24, 2.45) is 0 Å². The third kappa shape index (κ3) is 4.71. The molecule has 2 aromatic carbocycles. The first-order chi connectivity index (χ1) is 11.5. The second kappa shape index (κ2) is 7.97. The lowest BCUT2D eigenvalue weighted by molar-refractivity contribution is 0.0734. The van der Waals surface area contributed by atoms with E-state index in [2.05, 4.69) is 0 Å². The Bertz CT molecular complexity index is 804. The molecule has 0 spiro atoms. The van der Waals surface area contributed by atoms with Gasteiger partial charge in [-0.3, -0.25) is 0 Å². The molecule has 0 bridgehead atoms. The van der Waals surface area contributed by atoms with Gasteiger partial charge in [0.15, 0.2) is 0 Å². The van der Waals surface area contributed by atoms with Crippen molar-refractivity contribution in [2.45, 2.75) is 12.8 Å². The maximum atomic E-state index is 13.5. The van der Waals surface area contributed by atoms with Gasteiger partial charge in [-0.25, -0.2) is 9.18 Å². The predicted molar refractivity (Wildman–Crippen MR) is 81.1 cm³/mol. The van der Waals surface area contributed by atoms with Crippen LogP contribution in [0.3, 0.4) is 0 Å². The first kappa shape index (κ1) is 17.3. The molecular formula is C18H12F3NO2. The molecule has 0 aliphatic carbocycles. The van der Waals surface area contributed by atoms with Crippen LogP contribution < -0.4 is 4.74 Å². The minimum Gasteiger partial charge on any atom is -0.423 e. The summed E-state index contributed by atoms with van der Waals surface area (Å²) in [5, 5.41) is 8.64. The van der Waals surface area contributed by atoms with Gasteiger partial charge in [0.1, 0.15) is 17.6 Å². The van der Waals surface area contributed by atoms with Crippen LogP contribution in [0, 0.1) is 17.1 Å². The molecule has 2 rings (SSSR count). The van der Waals surface area contributed by atoms with Crippen LogP contribution in [0.2, 0.25) is 0 Å². The third-order valence-electron chi connectivity index (χ3n) is 3.19. The highest BCUT2D eigenvalue weighted by atomic mass is 19.3. The highest BCUT2D eigenvalue weighted by Crippen LogP contribution is 2.18. The van der Waals surface area contributed by atoms with Crippen LogP contribution >= 0.6 is 0 Å². The van der Waals surface area contributed by atoms with Crippen molar-refractivity contribution in [3.8, 4) is 11.8 Å². The van der Waals surface area contributed by atoms with Crippen molar-refractivity contribution in [3.05, 3.63) is 77.1 Å². The Hall–Kier alpha value is -3.07. The van der Waals surface area contributed by atoms with E-state index in [0.29, 0.717) is 6.42 Å². The highest BCUT2D eigenvalue weighted by molar-refractivity contribution is 5.91. The molecule has 0 radical (unpaired) electrons. The number of nitriles is 1. The van der Waals surface area contributed by atoms with Gasteiger partial charge in [-0.2, -0.15) is 14.0 Å². The highest BCUT2D eigenvalue weighted by Gasteiger charge is 2.10. The van der Waals surface area contributed by atoms with E-state index in [9.17, 15) is 18.0 Å². The zero-order chi connectivity index (χ0) is 17.5. The molecule has 24 heavy (non-hydrogen) atoms. The molecule has 0 aromatic heterocycles. The van der Waals surface area contributed by atoms with Gasteiger partial charge in [0.2, 0.25) is 0 Å². The Balaban J connectivity index is 2.01. The number of esters is 1. The Morgan fingerprint density at radius 3 is 2.46 bits per heavy atom. The average molecular weight is 331 g/mol. The minimum absolute atomic E-state index is 0.0101. The van der Waals surface area contributed by atoms with Crippen LogP contribution in [-0.4, -0.2) is 5.97 Å². The molecule has 0 amide bonds. The fourth-order valence-electron chi connectivity index (χ4n) is 1.97. The van der Waals surface area contributed by atoms with Crippen LogP contribution in [0.25, 0.3) is 0 Å². The maximum Gasteiger partial charge on any atom is 0.343 e. The summed E-state index contributed by atoms with van der Waals surface area (Å²) in [5.74, 6) is -1.46. The number of aryl methyl sites for hydroxylation is 1. The first-order valence-electron chi connectivity index (χ1n) is 7.01. The molecule has 2 aromatic rings. The van der Waals surface area contributed by atoms with Gasteiger partial charge >= 0.3 is 5.97 Å². The van der Waals surface area contributed by atoms with Gasteiger partial charge in [-0.1, -0.05) is 12.1 Å². The lowest BCUT2D eigenvalue weighted by Crippen LogP contribution is -2.08. The molecule has 0 saturated carbocycles. The minimum atomic E-state index is -1.72. The van der Waals surface area contributed by atoms with Gasteiger partial charge in [0, 0.05) is 6.07 Å². The number of rotatable bonds is 5. The zero-order valence-corrected chi connectivity index (χ0v) is 12.4. The molecule has 0 fully saturated rings. The standard InChI is InChI=1S/C18H12F3NO2/c19-16-10-15(9-8-14(16)11-22)24-18(23)13-6-4-12(5-7-13)2-1-3-17(20)21/h3-10H,1-2H2. The SMILES string of the molecule is N#Cc1ccc(OC(=O)c2ccc(CCC=C(F)F)cc2)cc1F. The number of nitrogens with zero attached hydrogens (tertiary/aromatic N) is 1. The van der Waals surface area contributed by atoms with E-state index in [1.165, 1.54) is 24.3 Å². The molecule has 0 atom stereocenters. The van der Waals surface area contributed by atoms with E-state index in [1.807, 2.05) is 0 Å². The smallest absolute Gasteiger partial charge is 0.343 e. The summed E-state index contributed by atoms with van der Waals surface area (Å²) >= 11 is 0. The Morgan fingerprint density at radius 1 is 1.17 bits per heavy atom. The van der Waals surface area contributed by atoms with Gasteiger partial charge in [-0.15, -0.1) is 0 Å². The topological polar surface area (TPSA) is 50.1 Å². The first-order valence-corrected chi connectivity index (χ1v) is 7.01. The number of allylic oxidation sites excluding steroid dienone is 1. The predicted octanol–water partition coefficient (Wildman–Crippen LogP) is 4.63. The molecule has 0 N–H and O–H groups in total. The monoisotopic (exact) mass is 331 g/mol. The number of carbonyl (C=O) groups excluding carboxylic acids is 1. The Kier molecular flexibility index (Phi) is 5.74. The van der Waals surface area contributed by atoms with Crippen molar-refractivity contribution in [1.29, 1.82) is 5.26 Å². The summed E-state index contributed by atoms with van der Waals surface area (Å²) in [5.41, 5.74) is 0.905. The average Bonchev–Trinajstić information content (AvgIpc) is 2.55. The number of hydrogen-bond donors (Lipinski definition) is 0. The van der Waals surface area contributed by atoms with E-state index in [4.69, 9.17) is 10.00 Å². The molecular weight excluding hydrogens is 319 g/mol. The lowest BCUT2D eigenvalue weighted by atomic mass is 10.1. The van der Waals surface area contributed by atoms with Gasteiger partial charge in [0.25, 0.3) is 6.08 Å². The van der Waals surface area contributed by atoms with Gasteiger partial charge in [0.05, 0.1) is 11.1 Å². The second-order valence-electron chi connectivity index (χ2n) is 4.87. The molecule has 0 aliphatic heterocycles. The summed E-state index contributed by atoms with van der Waals surface area (Å²) in [7, 11) is 0.